The molecule has 0 bridgehead atoms. The quantitative estimate of drug-likeness (QED) is 0.612. The third-order valence-electron chi connectivity index (χ3n) is 4.95. The minimum absolute atomic E-state index is 0.158. The van der Waals surface area contributed by atoms with Crippen LogP contribution in [-0.2, 0) is 0 Å². The van der Waals surface area contributed by atoms with Crippen LogP contribution in [0.25, 0.3) is 16.9 Å². The zero-order valence-corrected chi connectivity index (χ0v) is 17.7. The van der Waals surface area contributed by atoms with Crippen LogP contribution >= 0.6 is 0 Å². The number of primary amides is 1. The number of hydrogen-bond acceptors (Lipinski definition) is 5. The molecule has 1 amide bonds. The van der Waals surface area contributed by atoms with Crippen molar-refractivity contribution in [2.75, 3.05) is 0 Å². The summed E-state index contributed by atoms with van der Waals surface area (Å²) in [6, 6.07) is 9.11. The van der Waals surface area contributed by atoms with Gasteiger partial charge < -0.3 is 10.5 Å². The number of aromatic nitrogens is 3. The summed E-state index contributed by atoms with van der Waals surface area (Å²) in [6.45, 7) is 0. The van der Waals surface area contributed by atoms with Crippen LogP contribution in [0.1, 0.15) is 48.9 Å². The lowest BCUT2D eigenvalue weighted by Crippen LogP contribution is -2.30. The molecule has 1 aliphatic rings. The molecule has 0 spiro atoms. The molecule has 0 radical (unpaired) electrons. The van der Waals surface area contributed by atoms with Crippen LogP contribution in [0.4, 0.5) is 13.2 Å². The molecule has 1 saturated carbocycles. The van der Waals surface area contributed by atoms with Crippen molar-refractivity contribution in [1.29, 1.82) is 0 Å². The number of carbonyl (C=O) groups is 1. The summed E-state index contributed by atoms with van der Waals surface area (Å²) in [4.78, 5) is 27.9. The van der Waals surface area contributed by atoms with Gasteiger partial charge in [-0.15, -0.1) is 13.2 Å². The SMILES string of the molecule is C1CCCCC1.NC(=O)c1cc(-c2ccc(OC(F)(F)F)cc2)nn(-c2cccnc2)c1=O. The van der Waals surface area contributed by atoms with Crippen molar-refractivity contribution >= 4 is 5.91 Å². The summed E-state index contributed by atoms with van der Waals surface area (Å²) in [5.74, 6) is -1.37. The molecule has 3 aromatic rings. The number of nitrogens with two attached hydrogens (primary N) is 1. The minimum Gasteiger partial charge on any atom is -0.406 e. The fourth-order valence-electron chi connectivity index (χ4n) is 3.35. The van der Waals surface area contributed by atoms with Crippen molar-refractivity contribution in [2.45, 2.75) is 44.9 Å². The maximum atomic E-state index is 12.4. The molecule has 2 N–H and O–H groups in total. The number of carbonyl (C=O) groups excluding carboxylic acids is 1. The van der Waals surface area contributed by atoms with Crippen molar-refractivity contribution < 1.29 is 22.7 Å². The Labute approximate surface area is 188 Å². The molecule has 4 rings (SSSR count). The van der Waals surface area contributed by atoms with Crippen LogP contribution in [0.15, 0.2) is 59.7 Å². The Bertz CT molecular complexity index is 1110. The fourth-order valence-corrected chi connectivity index (χ4v) is 3.35. The zero-order valence-electron chi connectivity index (χ0n) is 17.7. The van der Waals surface area contributed by atoms with Crippen LogP contribution in [0, 0.1) is 0 Å². The van der Waals surface area contributed by atoms with E-state index in [1.165, 1.54) is 69.1 Å². The first-order valence-corrected chi connectivity index (χ1v) is 10.5. The molecule has 0 saturated heterocycles. The Morgan fingerprint density at radius 2 is 1.61 bits per heavy atom. The standard InChI is InChI=1S/C17H11F3N4O3.C6H12/c18-17(19,20)27-12-5-3-10(4-6-12)14-8-13(15(21)25)16(26)24(23-14)11-2-1-7-22-9-11;1-2-4-6-5-3-1/h1-9H,(H2,21,25);1-6H2. The highest BCUT2D eigenvalue weighted by Gasteiger charge is 2.31. The molecule has 1 fully saturated rings. The first kappa shape index (κ1) is 24.0. The molecular formula is C23H23F3N4O3. The lowest BCUT2D eigenvalue weighted by Gasteiger charge is -2.11. The Kier molecular flexibility index (Phi) is 7.81. The van der Waals surface area contributed by atoms with E-state index >= 15 is 0 Å². The van der Waals surface area contributed by atoms with Gasteiger partial charge in [0.15, 0.2) is 0 Å². The van der Waals surface area contributed by atoms with Gasteiger partial charge in [-0.25, -0.2) is 0 Å². The maximum Gasteiger partial charge on any atom is 0.573 e. The van der Waals surface area contributed by atoms with Gasteiger partial charge in [-0.2, -0.15) is 9.78 Å². The Morgan fingerprint density at radius 3 is 2.09 bits per heavy atom. The van der Waals surface area contributed by atoms with Crippen LogP contribution in [-0.4, -0.2) is 27.0 Å². The molecular weight excluding hydrogens is 437 g/mol. The second-order valence-electron chi connectivity index (χ2n) is 7.43. The van der Waals surface area contributed by atoms with E-state index in [2.05, 4.69) is 14.8 Å². The highest BCUT2D eigenvalue weighted by Crippen LogP contribution is 2.26. The predicted molar refractivity (Wildman–Crippen MR) is 116 cm³/mol. The fraction of sp³-hybridized carbons (Fsp3) is 0.304. The number of benzene rings is 1. The average Bonchev–Trinajstić information content (AvgIpc) is 2.81. The molecule has 0 aliphatic heterocycles. The third-order valence-corrected chi connectivity index (χ3v) is 4.95. The van der Waals surface area contributed by atoms with E-state index < -0.39 is 23.6 Å². The lowest BCUT2D eigenvalue weighted by atomic mass is 10.0. The monoisotopic (exact) mass is 460 g/mol. The van der Waals surface area contributed by atoms with Gasteiger partial charge in [0.2, 0.25) is 0 Å². The van der Waals surface area contributed by atoms with Crippen molar-refractivity contribution in [1.82, 2.24) is 14.8 Å². The number of rotatable bonds is 4. The van der Waals surface area contributed by atoms with Crippen LogP contribution < -0.4 is 16.0 Å². The number of nitrogens with zero attached hydrogens (tertiary/aromatic N) is 3. The molecule has 0 atom stereocenters. The zero-order chi connectivity index (χ0) is 23.8. The molecule has 10 heteroatoms. The van der Waals surface area contributed by atoms with Gasteiger partial charge >= 0.3 is 6.36 Å². The number of hydrogen-bond donors (Lipinski definition) is 1. The number of halogens is 3. The number of pyridine rings is 1. The van der Waals surface area contributed by atoms with Crippen molar-refractivity contribution in [3.63, 3.8) is 0 Å². The maximum absolute atomic E-state index is 12.4. The molecule has 1 aromatic carbocycles. The normalized spacial score (nSPS) is 13.5. The summed E-state index contributed by atoms with van der Waals surface area (Å²) < 4.78 is 41.5. The van der Waals surface area contributed by atoms with E-state index in [-0.39, 0.29) is 11.3 Å². The Morgan fingerprint density at radius 1 is 1.00 bits per heavy atom. The average molecular weight is 460 g/mol. The molecule has 33 heavy (non-hydrogen) atoms. The molecule has 1 aliphatic carbocycles. The summed E-state index contributed by atoms with van der Waals surface area (Å²) in [5, 5.41) is 4.15. The van der Waals surface area contributed by atoms with Crippen LogP contribution in [0.2, 0.25) is 0 Å². The highest BCUT2D eigenvalue weighted by atomic mass is 19.4. The summed E-state index contributed by atoms with van der Waals surface area (Å²) in [7, 11) is 0. The van der Waals surface area contributed by atoms with Gasteiger partial charge in [-0.1, -0.05) is 38.5 Å². The molecule has 0 unspecified atom stereocenters. The first-order chi connectivity index (χ1) is 15.7. The van der Waals surface area contributed by atoms with Crippen molar-refractivity contribution in [3.05, 3.63) is 70.8 Å². The van der Waals surface area contributed by atoms with Gasteiger partial charge in [0.25, 0.3) is 11.5 Å². The first-order valence-electron chi connectivity index (χ1n) is 10.5. The van der Waals surface area contributed by atoms with Gasteiger partial charge in [0.05, 0.1) is 17.6 Å². The largest absolute Gasteiger partial charge is 0.573 e. The highest BCUT2D eigenvalue weighted by molar-refractivity contribution is 5.93. The van der Waals surface area contributed by atoms with E-state index in [1.807, 2.05) is 0 Å². The van der Waals surface area contributed by atoms with E-state index in [9.17, 15) is 22.8 Å². The van der Waals surface area contributed by atoms with Gasteiger partial charge in [-0.05, 0) is 42.5 Å². The number of ether oxygens (including phenoxy) is 1. The molecule has 2 aromatic heterocycles. The van der Waals surface area contributed by atoms with Gasteiger partial charge in [-0.3, -0.25) is 14.6 Å². The smallest absolute Gasteiger partial charge is 0.406 e. The molecule has 2 heterocycles. The molecule has 7 nitrogen and oxygen atoms in total. The van der Waals surface area contributed by atoms with Crippen LogP contribution in [0.3, 0.4) is 0 Å². The predicted octanol–water partition coefficient (Wildman–Crippen LogP) is 4.63. The van der Waals surface area contributed by atoms with Crippen LogP contribution in [0.5, 0.6) is 5.75 Å². The van der Waals surface area contributed by atoms with E-state index in [1.54, 1.807) is 12.1 Å². The second-order valence-corrected chi connectivity index (χ2v) is 7.43. The van der Waals surface area contributed by atoms with Gasteiger partial charge in [0, 0.05) is 11.8 Å². The number of amides is 1. The van der Waals surface area contributed by atoms with Gasteiger partial charge in [0.1, 0.15) is 11.3 Å². The van der Waals surface area contributed by atoms with Crippen molar-refractivity contribution in [2.24, 2.45) is 5.73 Å². The lowest BCUT2D eigenvalue weighted by molar-refractivity contribution is -0.274. The second kappa shape index (κ2) is 10.8. The molecule has 174 valence electrons. The van der Waals surface area contributed by atoms with E-state index in [0.29, 0.717) is 11.3 Å². The van der Waals surface area contributed by atoms with E-state index in [4.69, 9.17) is 5.73 Å². The Balaban J connectivity index is 0.000000442. The number of alkyl halides is 3. The topological polar surface area (TPSA) is 100 Å². The summed E-state index contributed by atoms with van der Waals surface area (Å²) in [5.41, 5.74) is 5.01. The summed E-state index contributed by atoms with van der Waals surface area (Å²) >= 11 is 0. The Hall–Kier alpha value is -3.69. The van der Waals surface area contributed by atoms with Crippen molar-refractivity contribution in [3.8, 4) is 22.7 Å². The minimum atomic E-state index is -4.81. The van der Waals surface area contributed by atoms with E-state index in [0.717, 1.165) is 16.8 Å². The summed E-state index contributed by atoms with van der Waals surface area (Å²) in [6.07, 6.45) is 7.04. The third kappa shape index (κ3) is 6.90.